The van der Waals surface area contributed by atoms with Gasteiger partial charge in [-0.15, -0.1) is 0 Å². The average molecular weight is 205 g/mol. The van der Waals surface area contributed by atoms with Crippen molar-refractivity contribution in [2.45, 2.75) is 6.92 Å². The summed E-state index contributed by atoms with van der Waals surface area (Å²) in [7, 11) is 0. The normalized spacial score (nSPS) is 10.3. The van der Waals surface area contributed by atoms with E-state index < -0.39 is 11.4 Å². The maximum absolute atomic E-state index is 13.0. The first-order chi connectivity index (χ1) is 7.18. The minimum atomic E-state index is -0.845. The molecule has 0 fully saturated rings. The Morgan fingerprint density at radius 3 is 2.87 bits per heavy atom. The highest BCUT2D eigenvalue weighted by atomic mass is 19.1. The summed E-state index contributed by atoms with van der Waals surface area (Å²) in [5.41, 5.74) is -0.0309. The molecule has 2 aromatic rings. The van der Waals surface area contributed by atoms with Crippen molar-refractivity contribution < 1.29 is 4.39 Å². The van der Waals surface area contributed by atoms with Crippen molar-refractivity contribution in [1.29, 1.82) is 0 Å². The molecule has 0 aliphatic heterocycles. The van der Waals surface area contributed by atoms with Crippen molar-refractivity contribution in [2.75, 3.05) is 0 Å². The smallest absolute Gasteiger partial charge is 0.287 e. The van der Waals surface area contributed by atoms with Gasteiger partial charge in [-0.2, -0.15) is 4.39 Å². The fraction of sp³-hybridized carbons (Fsp3) is 0.100. The molecule has 0 bridgehead atoms. The molecule has 5 heteroatoms. The van der Waals surface area contributed by atoms with E-state index in [1.807, 2.05) is 0 Å². The molecule has 1 N–H and O–H groups in total. The highest BCUT2D eigenvalue weighted by Gasteiger charge is 2.07. The molecule has 2 aromatic heterocycles. The summed E-state index contributed by atoms with van der Waals surface area (Å²) in [6.45, 7) is 1.45. The lowest BCUT2D eigenvalue weighted by Gasteiger charge is -2.01. The zero-order chi connectivity index (χ0) is 10.8. The van der Waals surface area contributed by atoms with Gasteiger partial charge in [0.2, 0.25) is 5.82 Å². The van der Waals surface area contributed by atoms with Crippen molar-refractivity contribution in [2.24, 2.45) is 0 Å². The monoisotopic (exact) mass is 205 g/mol. The van der Waals surface area contributed by atoms with Crippen LogP contribution in [-0.4, -0.2) is 15.0 Å². The van der Waals surface area contributed by atoms with Gasteiger partial charge in [-0.1, -0.05) is 0 Å². The van der Waals surface area contributed by atoms with E-state index in [1.54, 1.807) is 24.5 Å². The molecule has 15 heavy (non-hydrogen) atoms. The van der Waals surface area contributed by atoms with Crippen molar-refractivity contribution in [3.63, 3.8) is 0 Å². The molecule has 2 heterocycles. The lowest BCUT2D eigenvalue weighted by Crippen LogP contribution is -2.15. The minimum absolute atomic E-state index is 0.0811. The van der Waals surface area contributed by atoms with Gasteiger partial charge in [-0.3, -0.25) is 9.78 Å². The Hall–Kier alpha value is -2.04. The number of hydrogen-bond donors (Lipinski definition) is 1. The van der Waals surface area contributed by atoms with Crippen LogP contribution < -0.4 is 5.56 Å². The van der Waals surface area contributed by atoms with Crippen LogP contribution >= 0.6 is 0 Å². The zero-order valence-corrected chi connectivity index (χ0v) is 7.99. The van der Waals surface area contributed by atoms with Gasteiger partial charge in [0.1, 0.15) is 5.82 Å². The van der Waals surface area contributed by atoms with Crippen molar-refractivity contribution >= 4 is 0 Å². The van der Waals surface area contributed by atoms with Crippen LogP contribution in [-0.2, 0) is 0 Å². The van der Waals surface area contributed by atoms with Gasteiger partial charge in [-0.05, 0) is 19.1 Å². The number of H-pyrrole nitrogens is 1. The van der Waals surface area contributed by atoms with Crippen LogP contribution in [0.1, 0.15) is 5.69 Å². The standard InChI is InChI=1S/C10H8FN3O/c1-6-8(11)10(15)14-9(13-6)7-3-2-4-12-5-7/h2-5H,1H3,(H,13,14,15). The molecule has 0 unspecified atom stereocenters. The van der Waals surface area contributed by atoms with Gasteiger partial charge in [0.05, 0.1) is 5.69 Å². The third kappa shape index (κ3) is 1.76. The first kappa shape index (κ1) is 9.51. The molecule has 0 radical (unpaired) electrons. The van der Waals surface area contributed by atoms with Crippen LogP contribution in [0.2, 0.25) is 0 Å². The first-order valence-electron chi connectivity index (χ1n) is 4.35. The Bertz CT molecular complexity index is 536. The molecular formula is C10H8FN3O. The molecule has 0 saturated carbocycles. The number of nitrogens with zero attached hydrogens (tertiary/aromatic N) is 2. The molecular weight excluding hydrogens is 197 g/mol. The summed E-state index contributed by atoms with van der Waals surface area (Å²) in [5, 5.41) is 0. The van der Waals surface area contributed by atoms with E-state index in [0.29, 0.717) is 11.4 Å². The van der Waals surface area contributed by atoms with Crippen LogP contribution in [0, 0.1) is 12.7 Å². The molecule has 0 aliphatic carbocycles. The van der Waals surface area contributed by atoms with E-state index in [1.165, 1.54) is 6.92 Å². The Labute approximate surface area is 84.8 Å². The minimum Gasteiger partial charge on any atom is -0.304 e. The number of aromatic amines is 1. The van der Waals surface area contributed by atoms with E-state index in [-0.39, 0.29) is 5.69 Å². The van der Waals surface area contributed by atoms with Crippen molar-refractivity contribution in [3.8, 4) is 11.4 Å². The van der Waals surface area contributed by atoms with E-state index in [4.69, 9.17) is 0 Å². The maximum Gasteiger partial charge on any atom is 0.287 e. The quantitative estimate of drug-likeness (QED) is 0.762. The van der Waals surface area contributed by atoms with Gasteiger partial charge < -0.3 is 4.98 Å². The molecule has 0 aliphatic rings. The third-order valence-electron chi connectivity index (χ3n) is 1.96. The highest BCUT2D eigenvalue weighted by molar-refractivity contribution is 5.52. The lowest BCUT2D eigenvalue weighted by atomic mass is 10.2. The van der Waals surface area contributed by atoms with Gasteiger partial charge in [-0.25, -0.2) is 4.98 Å². The van der Waals surface area contributed by atoms with Gasteiger partial charge in [0, 0.05) is 18.0 Å². The summed E-state index contributed by atoms with van der Waals surface area (Å²) in [4.78, 5) is 21.3. The molecule has 0 atom stereocenters. The fourth-order valence-corrected chi connectivity index (χ4v) is 1.21. The second-order valence-electron chi connectivity index (χ2n) is 3.06. The number of aromatic nitrogens is 3. The predicted molar refractivity (Wildman–Crippen MR) is 52.8 cm³/mol. The third-order valence-corrected chi connectivity index (χ3v) is 1.96. The highest BCUT2D eigenvalue weighted by Crippen LogP contribution is 2.11. The molecule has 4 nitrogen and oxygen atoms in total. The summed E-state index contributed by atoms with van der Waals surface area (Å²) in [6.07, 6.45) is 3.16. The van der Waals surface area contributed by atoms with Gasteiger partial charge >= 0.3 is 0 Å². The van der Waals surface area contributed by atoms with Crippen LogP contribution in [0.25, 0.3) is 11.4 Å². The predicted octanol–water partition coefficient (Wildman–Crippen LogP) is 1.28. The van der Waals surface area contributed by atoms with Crippen molar-refractivity contribution in [3.05, 3.63) is 46.4 Å². The number of rotatable bonds is 1. The molecule has 0 spiro atoms. The molecule has 0 saturated heterocycles. The topological polar surface area (TPSA) is 58.6 Å². The molecule has 0 aromatic carbocycles. The molecule has 76 valence electrons. The fourth-order valence-electron chi connectivity index (χ4n) is 1.21. The van der Waals surface area contributed by atoms with E-state index >= 15 is 0 Å². The van der Waals surface area contributed by atoms with E-state index in [9.17, 15) is 9.18 Å². The van der Waals surface area contributed by atoms with Crippen LogP contribution in [0.15, 0.2) is 29.3 Å². The first-order valence-corrected chi connectivity index (χ1v) is 4.35. The number of aryl methyl sites for hydroxylation is 1. The Kier molecular flexibility index (Phi) is 2.29. The Morgan fingerprint density at radius 1 is 1.47 bits per heavy atom. The summed E-state index contributed by atoms with van der Waals surface area (Å²) in [6, 6.07) is 3.45. The SMILES string of the molecule is Cc1nc(-c2cccnc2)[nH]c(=O)c1F. The summed E-state index contributed by atoms with van der Waals surface area (Å²) in [5.74, 6) is -0.519. The average Bonchev–Trinajstić information content (AvgIpc) is 2.26. The Morgan fingerprint density at radius 2 is 2.27 bits per heavy atom. The Balaban J connectivity index is 2.61. The van der Waals surface area contributed by atoms with Crippen LogP contribution in [0.5, 0.6) is 0 Å². The van der Waals surface area contributed by atoms with Gasteiger partial charge in [0.15, 0.2) is 0 Å². The zero-order valence-electron chi connectivity index (χ0n) is 7.99. The summed E-state index contributed by atoms with van der Waals surface area (Å²) < 4.78 is 13.0. The number of pyridine rings is 1. The van der Waals surface area contributed by atoms with E-state index in [0.717, 1.165) is 0 Å². The largest absolute Gasteiger partial charge is 0.304 e. The maximum atomic E-state index is 13.0. The van der Waals surface area contributed by atoms with Gasteiger partial charge in [0.25, 0.3) is 5.56 Å². The second-order valence-corrected chi connectivity index (χ2v) is 3.06. The molecule has 2 rings (SSSR count). The van der Waals surface area contributed by atoms with Crippen LogP contribution in [0.4, 0.5) is 4.39 Å². The number of halogens is 1. The van der Waals surface area contributed by atoms with E-state index in [2.05, 4.69) is 15.0 Å². The molecule has 0 amide bonds. The summed E-state index contributed by atoms with van der Waals surface area (Å²) >= 11 is 0. The van der Waals surface area contributed by atoms with Crippen molar-refractivity contribution in [1.82, 2.24) is 15.0 Å². The van der Waals surface area contributed by atoms with Crippen LogP contribution in [0.3, 0.4) is 0 Å². The number of hydrogen-bond acceptors (Lipinski definition) is 3. The second kappa shape index (κ2) is 3.61. The number of nitrogens with one attached hydrogen (secondary N) is 1. The lowest BCUT2D eigenvalue weighted by molar-refractivity contribution is 0.589.